The Balaban J connectivity index is 1.75. The molecule has 6 nitrogen and oxygen atoms in total. The van der Waals surface area contributed by atoms with E-state index in [0.29, 0.717) is 11.5 Å². The lowest BCUT2D eigenvalue weighted by Crippen LogP contribution is -1.94. The number of aromatic nitrogens is 2. The first-order valence-electron chi connectivity index (χ1n) is 6.83. The summed E-state index contributed by atoms with van der Waals surface area (Å²) in [6.07, 6.45) is 1.53. The van der Waals surface area contributed by atoms with Crippen molar-refractivity contribution in [3.8, 4) is 34.3 Å². The monoisotopic (exact) mass is 294 g/mol. The molecular formula is C16H10N2O4. The van der Waals surface area contributed by atoms with Crippen LogP contribution in [-0.4, -0.2) is 23.6 Å². The summed E-state index contributed by atoms with van der Waals surface area (Å²) in [5, 5.41) is 0.908. The summed E-state index contributed by atoms with van der Waals surface area (Å²) in [5.41, 5.74) is 2.51. The summed E-state index contributed by atoms with van der Waals surface area (Å²) < 4.78 is 21.7. The Hall–Kier alpha value is -3.02. The molecule has 2 aromatic carbocycles. The molecule has 0 saturated carbocycles. The van der Waals surface area contributed by atoms with E-state index in [1.165, 1.54) is 6.33 Å². The summed E-state index contributed by atoms with van der Waals surface area (Å²) in [5.74, 6) is 2.86. The zero-order valence-corrected chi connectivity index (χ0v) is 11.4. The van der Waals surface area contributed by atoms with Crippen LogP contribution in [0.5, 0.6) is 23.0 Å². The molecule has 0 spiro atoms. The molecule has 3 heterocycles. The fourth-order valence-electron chi connectivity index (χ4n) is 2.76. The van der Waals surface area contributed by atoms with Gasteiger partial charge in [-0.2, -0.15) is 0 Å². The molecule has 0 aliphatic carbocycles. The molecule has 1 aromatic heterocycles. The second kappa shape index (κ2) is 4.24. The molecule has 0 bridgehead atoms. The first kappa shape index (κ1) is 11.6. The van der Waals surface area contributed by atoms with Crippen LogP contribution in [0.4, 0.5) is 0 Å². The van der Waals surface area contributed by atoms with Crippen molar-refractivity contribution in [3.63, 3.8) is 0 Å². The molecule has 0 amide bonds. The molecule has 0 unspecified atom stereocenters. The SMILES string of the molecule is c1nc(-c2ccc3c(c2)OCO3)c2ccc3c(c2n1)OCO3. The second-order valence-corrected chi connectivity index (χ2v) is 4.99. The minimum Gasteiger partial charge on any atom is -0.454 e. The Morgan fingerprint density at radius 2 is 1.59 bits per heavy atom. The molecule has 0 N–H and O–H groups in total. The first-order valence-corrected chi connectivity index (χ1v) is 6.83. The topological polar surface area (TPSA) is 62.7 Å². The Kier molecular flexibility index (Phi) is 2.24. The van der Waals surface area contributed by atoms with E-state index in [-0.39, 0.29) is 13.6 Å². The van der Waals surface area contributed by atoms with Gasteiger partial charge in [-0.25, -0.2) is 9.97 Å². The van der Waals surface area contributed by atoms with Crippen molar-refractivity contribution in [2.75, 3.05) is 13.6 Å². The summed E-state index contributed by atoms with van der Waals surface area (Å²) in [7, 11) is 0. The predicted octanol–water partition coefficient (Wildman–Crippen LogP) is 2.75. The molecule has 6 heteroatoms. The van der Waals surface area contributed by atoms with Crippen LogP contribution in [0.1, 0.15) is 0 Å². The smallest absolute Gasteiger partial charge is 0.231 e. The molecule has 3 aromatic rings. The summed E-state index contributed by atoms with van der Waals surface area (Å²) in [4.78, 5) is 8.76. The molecule has 0 radical (unpaired) electrons. The molecule has 108 valence electrons. The van der Waals surface area contributed by atoms with E-state index >= 15 is 0 Å². The minimum absolute atomic E-state index is 0.220. The van der Waals surface area contributed by atoms with Gasteiger partial charge in [-0.15, -0.1) is 0 Å². The molecule has 2 aliphatic rings. The van der Waals surface area contributed by atoms with Gasteiger partial charge >= 0.3 is 0 Å². The molecule has 0 saturated heterocycles. The van der Waals surface area contributed by atoms with Gasteiger partial charge in [-0.1, -0.05) is 0 Å². The average molecular weight is 294 g/mol. The van der Waals surface area contributed by atoms with Gasteiger partial charge in [0.25, 0.3) is 0 Å². The molecule has 5 rings (SSSR count). The third kappa shape index (κ3) is 1.54. The van der Waals surface area contributed by atoms with Crippen molar-refractivity contribution in [2.45, 2.75) is 0 Å². The maximum Gasteiger partial charge on any atom is 0.231 e. The van der Waals surface area contributed by atoms with E-state index in [2.05, 4.69) is 9.97 Å². The predicted molar refractivity (Wildman–Crippen MR) is 77.2 cm³/mol. The van der Waals surface area contributed by atoms with Crippen LogP contribution in [-0.2, 0) is 0 Å². The molecule has 0 fully saturated rings. The van der Waals surface area contributed by atoms with Crippen molar-refractivity contribution < 1.29 is 18.9 Å². The highest BCUT2D eigenvalue weighted by Crippen LogP contribution is 2.41. The van der Waals surface area contributed by atoms with Crippen LogP contribution in [0.2, 0.25) is 0 Å². The van der Waals surface area contributed by atoms with Crippen LogP contribution in [0.3, 0.4) is 0 Å². The Labute approximate surface area is 125 Å². The number of ether oxygens (including phenoxy) is 4. The number of benzene rings is 2. The quantitative estimate of drug-likeness (QED) is 0.687. The van der Waals surface area contributed by atoms with Gasteiger partial charge in [0.2, 0.25) is 13.6 Å². The molecule has 2 aliphatic heterocycles. The number of hydrogen-bond acceptors (Lipinski definition) is 6. The minimum atomic E-state index is 0.220. The highest BCUT2D eigenvalue weighted by molar-refractivity contribution is 5.97. The van der Waals surface area contributed by atoms with E-state index in [1.807, 2.05) is 30.3 Å². The summed E-state index contributed by atoms with van der Waals surface area (Å²) in [6, 6.07) is 9.60. The van der Waals surface area contributed by atoms with Crippen LogP contribution in [0, 0.1) is 0 Å². The maximum absolute atomic E-state index is 5.52. The van der Waals surface area contributed by atoms with Crippen molar-refractivity contribution in [1.82, 2.24) is 9.97 Å². The number of nitrogens with zero attached hydrogens (tertiary/aromatic N) is 2. The van der Waals surface area contributed by atoms with Gasteiger partial charge in [0.05, 0.1) is 5.69 Å². The molecule has 22 heavy (non-hydrogen) atoms. The Morgan fingerprint density at radius 1 is 0.773 bits per heavy atom. The average Bonchev–Trinajstić information content (AvgIpc) is 3.22. The van der Waals surface area contributed by atoms with Gasteiger partial charge in [-0.3, -0.25) is 0 Å². The van der Waals surface area contributed by atoms with Crippen molar-refractivity contribution >= 4 is 10.9 Å². The number of rotatable bonds is 1. The van der Waals surface area contributed by atoms with Crippen molar-refractivity contribution in [2.24, 2.45) is 0 Å². The van der Waals surface area contributed by atoms with Gasteiger partial charge in [0.15, 0.2) is 23.0 Å². The Morgan fingerprint density at radius 3 is 2.59 bits per heavy atom. The fourth-order valence-corrected chi connectivity index (χ4v) is 2.76. The zero-order valence-electron chi connectivity index (χ0n) is 11.4. The lowest BCUT2D eigenvalue weighted by molar-refractivity contribution is 0.174. The molecule has 0 atom stereocenters. The third-order valence-electron chi connectivity index (χ3n) is 3.79. The zero-order chi connectivity index (χ0) is 14.5. The maximum atomic E-state index is 5.52. The highest BCUT2D eigenvalue weighted by Gasteiger charge is 2.21. The highest BCUT2D eigenvalue weighted by atomic mass is 16.7. The fraction of sp³-hybridized carbons (Fsp3) is 0.125. The van der Waals surface area contributed by atoms with Crippen LogP contribution in [0.25, 0.3) is 22.2 Å². The van der Waals surface area contributed by atoms with E-state index < -0.39 is 0 Å². The second-order valence-electron chi connectivity index (χ2n) is 4.99. The normalized spacial score (nSPS) is 14.5. The van der Waals surface area contributed by atoms with Crippen LogP contribution >= 0.6 is 0 Å². The van der Waals surface area contributed by atoms with E-state index in [1.54, 1.807) is 0 Å². The third-order valence-corrected chi connectivity index (χ3v) is 3.79. The number of fused-ring (bicyclic) bond motifs is 4. The lowest BCUT2D eigenvalue weighted by atomic mass is 10.1. The van der Waals surface area contributed by atoms with Gasteiger partial charge in [-0.05, 0) is 30.3 Å². The van der Waals surface area contributed by atoms with E-state index in [9.17, 15) is 0 Å². The number of hydrogen-bond donors (Lipinski definition) is 0. The van der Waals surface area contributed by atoms with E-state index in [0.717, 1.165) is 33.7 Å². The lowest BCUT2D eigenvalue weighted by Gasteiger charge is -2.07. The van der Waals surface area contributed by atoms with Crippen LogP contribution < -0.4 is 18.9 Å². The van der Waals surface area contributed by atoms with Gasteiger partial charge in [0.1, 0.15) is 11.8 Å². The van der Waals surface area contributed by atoms with Gasteiger partial charge in [0, 0.05) is 10.9 Å². The first-order chi connectivity index (χ1) is 10.9. The van der Waals surface area contributed by atoms with Crippen LogP contribution in [0.15, 0.2) is 36.7 Å². The Bertz CT molecular complexity index is 910. The van der Waals surface area contributed by atoms with Crippen molar-refractivity contribution in [1.29, 1.82) is 0 Å². The summed E-state index contributed by atoms with van der Waals surface area (Å²) >= 11 is 0. The summed E-state index contributed by atoms with van der Waals surface area (Å²) in [6.45, 7) is 0.472. The van der Waals surface area contributed by atoms with E-state index in [4.69, 9.17) is 18.9 Å². The standard InChI is InChI=1S/C16H10N2O4/c1-3-11-13(21-7-19-11)5-9(1)14-10-2-4-12-16(22-8-20-12)15(10)18-6-17-14/h1-6H,7-8H2. The largest absolute Gasteiger partial charge is 0.454 e. The molecular weight excluding hydrogens is 284 g/mol. The van der Waals surface area contributed by atoms with Crippen molar-refractivity contribution in [3.05, 3.63) is 36.7 Å². The van der Waals surface area contributed by atoms with Gasteiger partial charge < -0.3 is 18.9 Å².